The van der Waals surface area contributed by atoms with E-state index in [0.29, 0.717) is 0 Å². The molecule has 0 saturated carbocycles. The van der Waals surface area contributed by atoms with Crippen LogP contribution in [0.2, 0.25) is 0 Å². The number of hydrogen-bond donors (Lipinski definition) is 2. The highest BCUT2D eigenvalue weighted by Crippen LogP contribution is 2.20. The molecule has 0 bridgehead atoms. The number of aryl methyl sites for hydroxylation is 2. The van der Waals surface area contributed by atoms with Crippen LogP contribution in [0.25, 0.3) is 0 Å². The number of anilines is 2. The van der Waals surface area contributed by atoms with Gasteiger partial charge in [-0.15, -0.1) is 0 Å². The van der Waals surface area contributed by atoms with Gasteiger partial charge in [-0.2, -0.15) is 4.37 Å². The highest BCUT2D eigenvalue weighted by molar-refractivity contribution is 7.09. The van der Waals surface area contributed by atoms with Gasteiger partial charge in [0.1, 0.15) is 5.82 Å². The standard InChI is InChI=1S/C13H18N4S/c1-2-12-16-13(18-17-12)15-11-7-3-5-10(9-11)6-4-8-14/h3,5,7,9H,2,4,6,8,14H2,1H3,(H,15,16,17). The fourth-order valence-electron chi connectivity index (χ4n) is 1.68. The summed E-state index contributed by atoms with van der Waals surface area (Å²) < 4.78 is 4.25. The zero-order chi connectivity index (χ0) is 12.8. The number of nitrogens with one attached hydrogen (secondary N) is 1. The van der Waals surface area contributed by atoms with Gasteiger partial charge >= 0.3 is 0 Å². The zero-order valence-electron chi connectivity index (χ0n) is 10.5. The Morgan fingerprint density at radius 1 is 1.39 bits per heavy atom. The van der Waals surface area contributed by atoms with Gasteiger partial charge in [-0.05, 0) is 37.1 Å². The number of benzene rings is 1. The van der Waals surface area contributed by atoms with Crippen molar-refractivity contribution in [2.24, 2.45) is 5.73 Å². The summed E-state index contributed by atoms with van der Waals surface area (Å²) >= 11 is 1.40. The zero-order valence-corrected chi connectivity index (χ0v) is 11.3. The second-order valence-electron chi connectivity index (χ2n) is 4.09. The van der Waals surface area contributed by atoms with E-state index in [2.05, 4.69) is 39.8 Å². The molecule has 1 heterocycles. The molecule has 0 radical (unpaired) electrons. The molecule has 1 aromatic heterocycles. The summed E-state index contributed by atoms with van der Waals surface area (Å²) in [6, 6.07) is 8.36. The SMILES string of the molecule is CCc1nsc(Nc2cccc(CCCN)c2)n1. The molecule has 0 fully saturated rings. The van der Waals surface area contributed by atoms with Gasteiger partial charge in [0.15, 0.2) is 0 Å². The summed E-state index contributed by atoms with van der Waals surface area (Å²) in [5, 5.41) is 4.14. The minimum absolute atomic E-state index is 0.730. The molecule has 0 aliphatic heterocycles. The van der Waals surface area contributed by atoms with E-state index in [-0.39, 0.29) is 0 Å². The van der Waals surface area contributed by atoms with E-state index >= 15 is 0 Å². The van der Waals surface area contributed by atoms with Gasteiger partial charge in [0.05, 0.1) is 0 Å². The van der Waals surface area contributed by atoms with Crippen molar-refractivity contribution in [1.82, 2.24) is 9.36 Å². The fourth-order valence-corrected chi connectivity index (χ4v) is 2.35. The smallest absolute Gasteiger partial charge is 0.207 e. The maximum atomic E-state index is 5.52. The van der Waals surface area contributed by atoms with Crippen molar-refractivity contribution >= 4 is 22.4 Å². The van der Waals surface area contributed by atoms with Crippen LogP contribution in [0.15, 0.2) is 24.3 Å². The summed E-state index contributed by atoms with van der Waals surface area (Å²) in [7, 11) is 0. The van der Waals surface area contributed by atoms with Crippen molar-refractivity contribution in [2.45, 2.75) is 26.2 Å². The maximum absolute atomic E-state index is 5.52. The van der Waals surface area contributed by atoms with Gasteiger partial charge in [0, 0.05) is 23.6 Å². The molecule has 96 valence electrons. The van der Waals surface area contributed by atoms with Gasteiger partial charge in [0.25, 0.3) is 0 Å². The van der Waals surface area contributed by atoms with E-state index in [1.807, 2.05) is 6.07 Å². The molecular formula is C13H18N4S. The molecule has 0 aliphatic rings. The Hall–Kier alpha value is -1.46. The molecule has 0 aliphatic carbocycles. The average Bonchev–Trinajstić information content (AvgIpc) is 2.84. The van der Waals surface area contributed by atoms with Crippen molar-refractivity contribution in [3.05, 3.63) is 35.7 Å². The lowest BCUT2D eigenvalue weighted by atomic mass is 10.1. The Morgan fingerprint density at radius 3 is 3.00 bits per heavy atom. The predicted octanol–water partition coefficient (Wildman–Crippen LogP) is 2.74. The summed E-state index contributed by atoms with van der Waals surface area (Å²) in [5.74, 6) is 0.891. The summed E-state index contributed by atoms with van der Waals surface area (Å²) in [6.45, 7) is 2.78. The summed E-state index contributed by atoms with van der Waals surface area (Å²) in [4.78, 5) is 4.39. The third kappa shape index (κ3) is 3.51. The van der Waals surface area contributed by atoms with Crippen LogP contribution in [0.4, 0.5) is 10.8 Å². The molecule has 2 rings (SSSR count). The first-order chi connectivity index (χ1) is 8.81. The lowest BCUT2D eigenvalue weighted by molar-refractivity contribution is 0.833. The van der Waals surface area contributed by atoms with Crippen LogP contribution in [-0.4, -0.2) is 15.9 Å². The van der Waals surface area contributed by atoms with Crippen LogP contribution in [0.3, 0.4) is 0 Å². The number of nitrogens with two attached hydrogens (primary N) is 1. The van der Waals surface area contributed by atoms with E-state index in [9.17, 15) is 0 Å². The topological polar surface area (TPSA) is 63.8 Å². The molecule has 4 nitrogen and oxygen atoms in total. The van der Waals surface area contributed by atoms with Gasteiger partial charge in [-0.25, -0.2) is 4.98 Å². The normalized spacial score (nSPS) is 10.6. The Kier molecular flexibility index (Phi) is 4.66. The number of aromatic nitrogens is 2. The minimum atomic E-state index is 0.730. The van der Waals surface area contributed by atoms with Gasteiger partial charge in [-0.3, -0.25) is 0 Å². The molecule has 18 heavy (non-hydrogen) atoms. The Bertz CT molecular complexity index is 495. The number of nitrogens with zero attached hydrogens (tertiary/aromatic N) is 2. The van der Waals surface area contributed by atoms with E-state index in [0.717, 1.165) is 42.5 Å². The first-order valence-corrected chi connectivity index (χ1v) is 6.97. The predicted molar refractivity (Wildman–Crippen MR) is 76.4 cm³/mol. The van der Waals surface area contributed by atoms with Gasteiger partial charge in [0.2, 0.25) is 5.13 Å². The second-order valence-corrected chi connectivity index (χ2v) is 4.84. The van der Waals surface area contributed by atoms with E-state index in [4.69, 9.17) is 5.73 Å². The monoisotopic (exact) mass is 262 g/mol. The third-order valence-electron chi connectivity index (χ3n) is 2.63. The Balaban J connectivity index is 2.04. The van der Waals surface area contributed by atoms with Gasteiger partial charge in [-0.1, -0.05) is 19.1 Å². The summed E-state index contributed by atoms with van der Waals surface area (Å²) in [5.41, 5.74) is 7.88. The molecule has 1 aromatic carbocycles. The van der Waals surface area contributed by atoms with E-state index in [1.165, 1.54) is 17.1 Å². The fraction of sp³-hybridized carbons (Fsp3) is 0.385. The van der Waals surface area contributed by atoms with Crippen molar-refractivity contribution < 1.29 is 0 Å². The van der Waals surface area contributed by atoms with Crippen molar-refractivity contribution in [1.29, 1.82) is 0 Å². The lowest BCUT2D eigenvalue weighted by Gasteiger charge is -2.05. The van der Waals surface area contributed by atoms with Crippen molar-refractivity contribution in [3.63, 3.8) is 0 Å². The molecular weight excluding hydrogens is 244 g/mol. The first-order valence-electron chi connectivity index (χ1n) is 6.20. The summed E-state index contributed by atoms with van der Waals surface area (Å²) in [6.07, 6.45) is 2.90. The quantitative estimate of drug-likeness (QED) is 0.840. The van der Waals surface area contributed by atoms with Crippen LogP contribution >= 0.6 is 11.5 Å². The molecule has 0 atom stereocenters. The Labute approximate surface area is 111 Å². The highest BCUT2D eigenvalue weighted by Gasteiger charge is 2.03. The maximum Gasteiger partial charge on any atom is 0.207 e. The van der Waals surface area contributed by atoms with Crippen LogP contribution in [0, 0.1) is 0 Å². The van der Waals surface area contributed by atoms with E-state index in [1.54, 1.807) is 0 Å². The molecule has 2 aromatic rings. The molecule has 0 saturated heterocycles. The molecule has 3 N–H and O–H groups in total. The van der Waals surface area contributed by atoms with Crippen LogP contribution < -0.4 is 11.1 Å². The first kappa shape index (κ1) is 13.0. The third-order valence-corrected chi connectivity index (χ3v) is 3.30. The van der Waals surface area contributed by atoms with Gasteiger partial charge < -0.3 is 11.1 Å². The van der Waals surface area contributed by atoms with Crippen LogP contribution in [0.5, 0.6) is 0 Å². The molecule has 0 amide bonds. The Morgan fingerprint density at radius 2 is 2.28 bits per heavy atom. The lowest BCUT2D eigenvalue weighted by Crippen LogP contribution is -2.00. The van der Waals surface area contributed by atoms with Crippen LogP contribution in [0.1, 0.15) is 24.7 Å². The van der Waals surface area contributed by atoms with Crippen LogP contribution in [-0.2, 0) is 12.8 Å². The average molecular weight is 262 g/mol. The highest BCUT2D eigenvalue weighted by atomic mass is 32.1. The largest absolute Gasteiger partial charge is 0.330 e. The van der Waals surface area contributed by atoms with Crippen molar-refractivity contribution in [3.8, 4) is 0 Å². The van der Waals surface area contributed by atoms with Crippen molar-refractivity contribution in [2.75, 3.05) is 11.9 Å². The number of rotatable bonds is 6. The molecule has 5 heteroatoms. The van der Waals surface area contributed by atoms with E-state index < -0.39 is 0 Å². The molecule has 0 spiro atoms. The molecule has 0 unspecified atom stereocenters. The number of hydrogen-bond acceptors (Lipinski definition) is 5. The minimum Gasteiger partial charge on any atom is -0.330 e. The second kappa shape index (κ2) is 6.47.